The van der Waals surface area contributed by atoms with Gasteiger partial charge in [-0.3, -0.25) is 9.78 Å². The number of nitrogens with zero attached hydrogens (tertiary/aromatic N) is 1. The second kappa shape index (κ2) is 5.68. The van der Waals surface area contributed by atoms with Gasteiger partial charge in [0, 0.05) is 23.4 Å². The van der Waals surface area contributed by atoms with E-state index in [1.807, 2.05) is 11.8 Å². The third-order valence-corrected chi connectivity index (χ3v) is 4.21. The van der Waals surface area contributed by atoms with Gasteiger partial charge in [0.05, 0.1) is 5.56 Å². The average Bonchev–Trinajstić information content (AvgIpc) is 2.78. The fourth-order valence-electron chi connectivity index (χ4n) is 1.62. The van der Waals surface area contributed by atoms with E-state index in [4.69, 9.17) is 0 Å². The third kappa shape index (κ3) is 3.22. The highest BCUT2D eigenvalue weighted by Gasteiger charge is 2.16. The van der Waals surface area contributed by atoms with Crippen molar-refractivity contribution in [2.24, 2.45) is 5.92 Å². The quantitative estimate of drug-likeness (QED) is 0.931. The summed E-state index contributed by atoms with van der Waals surface area (Å²) in [6.45, 7) is 0.776. The summed E-state index contributed by atoms with van der Waals surface area (Å²) in [5.74, 6) is 2.98. The summed E-state index contributed by atoms with van der Waals surface area (Å²) in [7, 11) is 0. The van der Waals surface area contributed by atoms with Gasteiger partial charge < -0.3 is 5.32 Å². The summed E-state index contributed by atoms with van der Waals surface area (Å²) in [6, 6.07) is 1.78. The van der Waals surface area contributed by atoms with Gasteiger partial charge >= 0.3 is 0 Å². The molecule has 3 nitrogen and oxygen atoms in total. The molecule has 0 aliphatic carbocycles. The summed E-state index contributed by atoms with van der Waals surface area (Å²) in [5, 5.41) is 2.96. The van der Waals surface area contributed by atoms with Crippen molar-refractivity contribution in [1.82, 2.24) is 10.3 Å². The molecule has 2 rings (SSSR count). The second-order valence-corrected chi connectivity index (χ2v) is 5.90. The Morgan fingerprint density at radius 3 is 3.19 bits per heavy atom. The molecule has 1 saturated heterocycles. The first kappa shape index (κ1) is 11.9. The molecule has 1 aliphatic rings. The van der Waals surface area contributed by atoms with Crippen LogP contribution in [-0.2, 0) is 0 Å². The summed E-state index contributed by atoms with van der Waals surface area (Å²) < 4.78 is 0.830. The molecule has 1 aromatic rings. The molecule has 1 aromatic heterocycles. The molecule has 1 amide bonds. The fraction of sp³-hybridized carbons (Fsp3) is 0.455. The topological polar surface area (TPSA) is 42.0 Å². The Balaban J connectivity index is 1.87. The van der Waals surface area contributed by atoms with Crippen molar-refractivity contribution in [2.45, 2.75) is 6.42 Å². The minimum atomic E-state index is -0.0364. The number of carbonyl (C=O) groups excluding carboxylic acids is 1. The van der Waals surface area contributed by atoms with Crippen LogP contribution in [0.1, 0.15) is 16.8 Å². The molecular weight excluding hydrogens is 288 g/mol. The Bertz CT molecular complexity index is 380. The number of hydrogen-bond acceptors (Lipinski definition) is 3. The first-order valence-electron chi connectivity index (χ1n) is 5.22. The van der Waals surface area contributed by atoms with Gasteiger partial charge in [-0.15, -0.1) is 0 Å². The lowest BCUT2D eigenvalue weighted by Crippen LogP contribution is -2.29. The predicted octanol–water partition coefficient (Wildman–Crippen LogP) is 2.33. The van der Waals surface area contributed by atoms with Crippen molar-refractivity contribution < 1.29 is 4.79 Å². The molecule has 1 unspecified atom stereocenters. The predicted molar refractivity (Wildman–Crippen MR) is 69.7 cm³/mol. The number of carbonyl (C=O) groups is 1. The van der Waals surface area contributed by atoms with Gasteiger partial charge in [0.2, 0.25) is 0 Å². The SMILES string of the molecule is O=C(NCC1CCSC1)c1cncc(Br)c1. The van der Waals surface area contributed by atoms with Crippen molar-refractivity contribution in [1.29, 1.82) is 0 Å². The molecule has 1 N–H and O–H groups in total. The van der Waals surface area contributed by atoms with E-state index >= 15 is 0 Å². The lowest BCUT2D eigenvalue weighted by Gasteiger charge is -2.09. The number of aromatic nitrogens is 1. The number of hydrogen-bond donors (Lipinski definition) is 1. The summed E-state index contributed by atoms with van der Waals surface area (Å²) in [6.07, 6.45) is 4.47. The maximum atomic E-state index is 11.8. The number of pyridine rings is 1. The minimum absolute atomic E-state index is 0.0364. The first-order valence-corrected chi connectivity index (χ1v) is 7.17. The van der Waals surface area contributed by atoms with Crippen LogP contribution in [-0.4, -0.2) is 28.9 Å². The highest BCUT2D eigenvalue weighted by Crippen LogP contribution is 2.22. The highest BCUT2D eigenvalue weighted by molar-refractivity contribution is 9.10. The summed E-state index contributed by atoms with van der Waals surface area (Å²) >= 11 is 5.26. The zero-order valence-corrected chi connectivity index (χ0v) is 11.2. The van der Waals surface area contributed by atoms with E-state index in [0.717, 1.165) is 16.8 Å². The number of nitrogens with one attached hydrogen (secondary N) is 1. The molecule has 1 fully saturated rings. The Morgan fingerprint density at radius 1 is 1.62 bits per heavy atom. The van der Waals surface area contributed by atoms with Crippen LogP contribution in [0.25, 0.3) is 0 Å². The van der Waals surface area contributed by atoms with Crippen molar-refractivity contribution in [3.05, 3.63) is 28.5 Å². The van der Waals surface area contributed by atoms with E-state index in [1.54, 1.807) is 18.5 Å². The molecule has 5 heteroatoms. The van der Waals surface area contributed by atoms with Crippen LogP contribution in [0.2, 0.25) is 0 Å². The normalized spacial score (nSPS) is 19.7. The Kier molecular flexibility index (Phi) is 4.23. The maximum Gasteiger partial charge on any atom is 0.252 e. The van der Waals surface area contributed by atoms with Crippen LogP contribution in [0.3, 0.4) is 0 Å². The van der Waals surface area contributed by atoms with E-state index in [2.05, 4.69) is 26.2 Å². The minimum Gasteiger partial charge on any atom is -0.352 e. The lowest BCUT2D eigenvalue weighted by atomic mass is 10.1. The zero-order valence-electron chi connectivity index (χ0n) is 8.78. The van der Waals surface area contributed by atoms with Crippen molar-refractivity contribution >= 4 is 33.6 Å². The van der Waals surface area contributed by atoms with Crippen LogP contribution in [0, 0.1) is 5.92 Å². The van der Waals surface area contributed by atoms with Gasteiger partial charge in [-0.25, -0.2) is 0 Å². The van der Waals surface area contributed by atoms with Gasteiger partial charge in [0.1, 0.15) is 0 Å². The molecule has 2 heterocycles. The standard InChI is InChI=1S/C11H13BrN2OS/c12-10-3-9(5-13-6-10)11(15)14-4-8-1-2-16-7-8/h3,5-6,8H,1-2,4,7H2,(H,14,15). The van der Waals surface area contributed by atoms with E-state index < -0.39 is 0 Å². The summed E-state index contributed by atoms with van der Waals surface area (Å²) in [4.78, 5) is 15.7. The second-order valence-electron chi connectivity index (χ2n) is 3.83. The van der Waals surface area contributed by atoms with Gasteiger partial charge in [-0.2, -0.15) is 11.8 Å². The molecule has 86 valence electrons. The van der Waals surface area contributed by atoms with E-state index in [9.17, 15) is 4.79 Å². The van der Waals surface area contributed by atoms with Crippen molar-refractivity contribution in [2.75, 3.05) is 18.1 Å². The Hall–Kier alpha value is -0.550. The van der Waals surface area contributed by atoms with Gasteiger partial charge in [-0.05, 0) is 45.8 Å². The van der Waals surface area contributed by atoms with Crippen molar-refractivity contribution in [3.8, 4) is 0 Å². The lowest BCUT2D eigenvalue weighted by molar-refractivity contribution is 0.0948. The first-order chi connectivity index (χ1) is 7.75. The molecule has 1 aliphatic heterocycles. The molecular formula is C11H13BrN2OS. The largest absolute Gasteiger partial charge is 0.352 e. The average molecular weight is 301 g/mol. The highest BCUT2D eigenvalue weighted by atomic mass is 79.9. The van der Waals surface area contributed by atoms with Gasteiger partial charge in [0.25, 0.3) is 5.91 Å². The van der Waals surface area contributed by atoms with Crippen LogP contribution in [0.5, 0.6) is 0 Å². The number of halogens is 1. The third-order valence-electron chi connectivity index (χ3n) is 2.54. The van der Waals surface area contributed by atoms with Crippen LogP contribution in [0.15, 0.2) is 22.9 Å². The molecule has 16 heavy (non-hydrogen) atoms. The molecule has 0 radical (unpaired) electrons. The Labute approximate surface area is 108 Å². The maximum absolute atomic E-state index is 11.8. The molecule has 1 atom stereocenters. The molecule has 0 spiro atoms. The number of rotatable bonds is 3. The Morgan fingerprint density at radius 2 is 2.50 bits per heavy atom. The number of thioether (sulfide) groups is 1. The smallest absolute Gasteiger partial charge is 0.252 e. The monoisotopic (exact) mass is 300 g/mol. The van der Waals surface area contributed by atoms with Gasteiger partial charge in [-0.1, -0.05) is 0 Å². The zero-order chi connectivity index (χ0) is 11.4. The van der Waals surface area contributed by atoms with E-state index in [-0.39, 0.29) is 5.91 Å². The van der Waals surface area contributed by atoms with E-state index in [0.29, 0.717) is 11.5 Å². The molecule has 0 saturated carbocycles. The fourth-order valence-corrected chi connectivity index (χ4v) is 3.27. The summed E-state index contributed by atoms with van der Waals surface area (Å²) in [5.41, 5.74) is 0.611. The van der Waals surface area contributed by atoms with Crippen LogP contribution < -0.4 is 5.32 Å². The van der Waals surface area contributed by atoms with Crippen molar-refractivity contribution in [3.63, 3.8) is 0 Å². The molecule has 0 aromatic carbocycles. The number of amides is 1. The van der Waals surface area contributed by atoms with E-state index in [1.165, 1.54) is 12.2 Å². The van der Waals surface area contributed by atoms with Crippen LogP contribution >= 0.6 is 27.7 Å². The van der Waals surface area contributed by atoms with Crippen LogP contribution in [0.4, 0.5) is 0 Å². The van der Waals surface area contributed by atoms with Gasteiger partial charge in [0.15, 0.2) is 0 Å². The molecule has 0 bridgehead atoms.